The number of hydrogen-bond acceptors (Lipinski definition) is 5. The molecule has 4 aromatic heterocycles. The Hall–Kier alpha value is -8.74. The SMILES string of the molecule is c1ccc(-c2nc(-c3cccc(-c4cccc5c4oc4ccc6c(-c7ccccc7)nc7ccccc7c6c45)c3)nc(-c3ccc4c(c3)c3ccccc3n4-c3ccccc3)n2)cc1. The molecule has 0 atom stereocenters. The van der Waals surface area contributed by atoms with Gasteiger partial charge in [0.15, 0.2) is 17.5 Å². The summed E-state index contributed by atoms with van der Waals surface area (Å²) in [7, 11) is 0. The molecule has 0 amide bonds. The van der Waals surface area contributed by atoms with Crippen LogP contribution in [0.4, 0.5) is 0 Å². The molecule has 9 aromatic carbocycles. The van der Waals surface area contributed by atoms with Gasteiger partial charge in [-0.3, -0.25) is 0 Å². The van der Waals surface area contributed by atoms with E-state index in [4.69, 9.17) is 24.4 Å². The number of benzene rings is 9. The van der Waals surface area contributed by atoms with Crippen molar-refractivity contribution in [3.05, 3.63) is 212 Å². The minimum absolute atomic E-state index is 0.590. The standard InChI is InChI=1S/C58H35N5O/c1-4-16-36(17-5-1)54-45-31-33-51-53(52(45)44-25-10-12-28-48(44)59-54)46-27-15-26-42(55(46)64-51)38-20-14-21-39(34-38)57-60-56(37-18-6-2-7-19-37)61-58(62-57)40-30-32-50-47(35-40)43-24-11-13-29-49(43)63(50)41-22-8-3-9-23-41/h1-35H. The highest BCUT2D eigenvalue weighted by Gasteiger charge is 2.21. The van der Waals surface area contributed by atoms with E-state index in [1.807, 2.05) is 36.4 Å². The zero-order chi connectivity index (χ0) is 42.1. The topological polar surface area (TPSA) is 69.6 Å². The lowest BCUT2D eigenvalue weighted by molar-refractivity contribution is 0.670. The second-order valence-electron chi connectivity index (χ2n) is 16.2. The van der Waals surface area contributed by atoms with Gasteiger partial charge in [0.2, 0.25) is 0 Å². The van der Waals surface area contributed by atoms with Gasteiger partial charge in [0.05, 0.1) is 22.2 Å². The van der Waals surface area contributed by atoms with Gasteiger partial charge in [-0.2, -0.15) is 0 Å². The first kappa shape index (κ1) is 36.0. The molecule has 13 aromatic rings. The molecule has 64 heavy (non-hydrogen) atoms. The Kier molecular flexibility index (Phi) is 8.11. The van der Waals surface area contributed by atoms with Crippen LogP contribution in [0.2, 0.25) is 0 Å². The molecular weight excluding hydrogens is 783 g/mol. The highest BCUT2D eigenvalue weighted by atomic mass is 16.3. The Morgan fingerprint density at radius 1 is 0.344 bits per heavy atom. The first-order chi connectivity index (χ1) is 31.7. The number of aromatic nitrogens is 5. The van der Waals surface area contributed by atoms with E-state index in [9.17, 15) is 0 Å². The fourth-order valence-corrected chi connectivity index (χ4v) is 9.52. The fraction of sp³-hybridized carbons (Fsp3) is 0. The van der Waals surface area contributed by atoms with Crippen molar-refractivity contribution in [1.82, 2.24) is 24.5 Å². The Bertz CT molecular complexity index is 3950. The molecule has 298 valence electrons. The van der Waals surface area contributed by atoms with Crippen LogP contribution in [-0.2, 0) is 0 Å². The summed E-state index contributed by atoms with van der Waals surface area (Å²) in [6, 6.07) is 73.7. The molecule has 0 aliphatic rings. The van der Waals surface area contributed by atoms with E-state index in [2.05, 4.69) is 180 Å². The van der Waals surface area contributed by atoms with Gasteiger partial charge in [-0.1, -0.05) is 152 Å². The van der Waals surface area contributed by atoms with E-state index >= 15 is 0 Å². The second-order valence-corrected chi connectivity index (χ2v) is 16.2. The van der Waals surface area contributed by atoms with Crippen LogP contribution >= 0.6 is 0 Å². The van der Waals surface area contributed by atoms with E-state index in [0.29, 0.717) is 17.5 Å². The molecule has 4 heterocycles. The third-order valence-electron chi connectivity index (χ3n) is 12.4. The van der Waals surface area contributed by atoms with E-state index in [1.165, 1.54) is 5.39 Å². The van der Waals surface area contributed by atoms with E-state index < -0.39 is 0 Å². The third-order valence-corrected chi connectivity index (χ3v) is 12.4. The average molecular weight is 818 g/mol. The molecule has 0 aliphatic carbocycles. The van der Waals surface area contributed by atoms with E-state index in [-0.39, 0.29) is 0 Å². The largest absolute Gasteiger partial charge is 0.455 e. The lowest BCUT2D eigenvalue weighted by Gasteiger charge is -2.11. The highest BCUT2D eigenvalue weighted by molar-refractivity contribution is 6.29. The first-order valence-corrected chi connectivity index (χ1v) is 21.5. The fourth-order valence-electron chi connectivity index (χ4n) is 9.52. The van der Waals surface area contributed by atoms with Gasteiger partial charge in [-0.15, -0.1) is 0 Å². The number of nitrogens with zero attached hydrogens (tertiary/aromatic N) is 5. The molecule has 0 fully saturated rings. The van der Waals surface area contributed by atoms with E-state index in [1.54, 1.807) is 0 Å². The summed E-state index contributed by atoms with van der Waals surface area (Å²) in [5, 5.41) is 7.77. The monoisotopic (exact) mass is 817 g/mol. The zero-order valence-corrected chi connectivity index (χ0v) is 34.4. The van der Waals surface area contributed by atoms with Gasteiger partial charge in [0.25, 0.3) is 0 Å². The van der Waals surface area contributed by atoms with Gasteiger partial charge in [0.1, 0.15) is 11.2 Å². The van der Waals surface area contributed by atoms with Crippen molar-refractivity contribution in [1.29, 1.82) is 0 Å². The number of pyridine rings is 1. The summed E-state index contributed by atoms with van der Waals surface area (Å²) in [5.41, 5.74) is 12.7. The molecule has 0 aliphatic heterocycles. The Morgan fingerprint density at radius 2 is 0.938 bits per heavy atom. The Morgan fingerprint density at radius 3 is 1.73 bits per heavy atom. The normalized spacial score (nSPS) is 11.8. The lowest BCUT2D eigenvalue weighted by atomic mass is 9.95. The van der Waals surface area contributed by atoms with Crippen LogP contribution in [0.1, 0.15) is 0 Å². The molecule has 0 unspecified atom stereocenters. The van der Waals surface area contributed by atoms with Crippen molar-refractivity contribution in [3.8, 4) is 62.2 Å². The first-order valence-electron chi connectivity index (χ1n) is 21.5. The van der Waals surface area contributed by atoms with Crippen molar-refractivity contribution in [2.75, 3.05) is 0 Å². The Labute approximate surface area is 367 Å². The third kappa shape index (κ3) is 5.73. The van der Waals surface area contributed by atoms with Gasteiger partial charge in [-0.05, 0) is 66.2 Å². The molecule has 0 N–H and O–H groups in total. The highest BCUT2D eigenvalue weighted by Crippen LogP contribution is 2.44. The smallest absolute Gasteiger partial charge is 0.164 e. The van der Waals surface area contributed by atoms with Crippen molar-refractivity contribution < 1.29 is 4.42 Å². The predicted molar refractivity (Wildman–Crippen MR) is 261 cm³/mol. The zero-order valence-electron chi connectivity index (χ0n) is 34.4. The Balaban J connectivity index is 0.978. The van der Waals surface area contributed by atoms with Crippen LogP contribution < -0.4 is 0 Å². The van der Waals surface area contributed by atoms with Gasteiger partial charge in [0, 0.05) is 71.2 Å². The minimum Gasteiger partial charge on any atom is -0.455 e. The maximum Gasteiger partial charge on any atom is 0.164 e. The number of rotatable bonds is 6. The summed E-state index contributed by atoms with van der Waals surface area (Å²) in [6.45, 7) is 0. The van der Waals surface area contributed by atoms with Crippen molar-refractivity contribution in [3.63, 3.8) is 0 Å². The second kappa shape index (κ2) is 14.4. The van der Waals surface area contributed by atoms with Gasteiger partial charge in [-0.25, -0.2) is 19.9 Å². The van der Waals surface area contributed by atoms with Crippen molar-refractivity contribution in [2.24, 2.45) is 0 Å². The van der Waals surface area contributed by atoms with Crippen LogP contribution in [0, 0.1) is 0 Å². The molecule has 6 nitrogen and oxygen atoms in total. The molecule has 0 radical (unpaired) electrons. The van der Waals surface area contributed by atoms with Crippen molar-refractivity contribution in [2.45, 2.75) is 0 Å². The summed E-state index contributed by atoms with van der Waals surface area (Å²) in [6.07, 6.45) is 0. The minimum atomic E-state index is 0.590. The number of para-hydroxylation sites is 4. The maximum atomic E-state index is 6.87. The quantitative estimate of drug-likeness (QED) is 0.156. The van der Waals surface area contributed by atoms with Crippen molar-refractivity contribution >= 4 is 65.4 Å². The molecule has 6 heteroatoms. The van der Waals surface area contributed by atoms with Gasteiger partial charge >= 0.3 is 0 Å². The predicted octanol–water partition coefficient (Wildman–Crippen LogP) is 14.9. The number of hydrogen-bond donors (Lipinski definition) is 0. The van der Waals surface area contributed by atoms with Crippen LogP contribution in [0.25, 0.3) is 128 Å². The summed E-state index contributed by atoms with van der Waals surface area (Å²) in [4.78, 5) is 20.7. The molecular formula is C58H35N5O. The van der Waals surface area contributed by atoms with Gasteiger partial charge < -0.3 is 8.98 Å². The van der Waals surface area contributed by atoms with Crippen LogP contribution in [0.3, 0.4) is 0 Å². The van der Waals surface area contributed by atoms with Crippen LogP contribution in [-0.4, -0.2) is 24.5 Å². The van der Waals surface area contributed by atoms with Crippen LogP contribution in [0.15, 0.2) is 217 Å². The lowest BCUT2D eigenvalue weighted by Crippen LogP contribution is -2.00. The summed E-state index contributed by atoms with van der Waals surface area (Å²) >= 11 is 0. The molecule has 0 saturated carbocycles. The van der Waals surface area contributed by atoms with Crippen LogP contribution in [0.5, 0.6) is 0 Å². The summed E-state index contributed by atoms with van der Waals surface area (Å²) < 4.78 is 9.19. The molecule has 0 spiro atoms. The molecule has 0 saturated heterocycles. The number of furan rings is 1. The average Bonchev–Trinajstić information content (AvgIpc) is 3.92. The maximum absolute atomic E-state index is 6.87. The number of fused-ring (bicyclic) bond motifs is 10. The summed E-state index contributed by atoms with van der Waals surface area (Å²) in [5.74, 6) is 1.81. The molecule has 0 bridgehead atoms. The van der Waals surface area contributed by atoms with E-state index in [0.717, 1.165) is 105 Å². The molecule has 13 rings (SSSR count).